The molecular weight excluding hydrogens is 553 g/mol. The lowest BCUT2D eigenvalue weighted by atomic mass is 10.0. The number of aliphatic hydroxyl groups is 1. The highest BCUT2D eigenvalue weighted by atomic mass is 35.5. The number of carbonyl (C=O) groups is 3. The van der Waals surface area contributed by atoms with Gasteiger partial charge in [-0.3, -0.25) is 14.6 Å². The van der Waals surface area contributed by atoms with Gasteiger partial charge in [0.25, 0.3) is 0 Å². The van der Waals surface area contributed by atoms with Gasteiger partial charge < -0.3 is 25.0 Å². The third kappa shape index (κ3) is 6.02. The fourth-order valence-corrected chi connectivity index (χ4v) is 5.83. The minimum absolute atomic E-state index is 0.00807. The second-order valence-corrected chi connectivity index (χ2v) is 10.7. The number of hydrogen-bond donors (Lipinski definition) is 2. The summed E-state index contributed by atoms with van der Waals surface area (Å²) >= 11 is 6.20. The number of nitrogens with zero attached hydrogens (tertiary/aromatic N) is 4. The maximum atomic E-state index is 14.2. The largest absolute Gasteiger partial charge is 0.383 e. The van der Waals surface area contributed by atoms with E-state index < -0.39 is 18.1 Å². The number of para-hydroxylation sites is 1. The molecule has 0 aliphatic carbocycles. The number of urea groups is 2. The Morgan fingerprint density at radius 1 is 1.12 bits per heavy atom. The molecule has 0 saturated carbocycles. The van der Waals surface area contributed by atoms with E-state index in [4.69, 9.17) is 16.3 Å². The Morgan fingerprint density at radius 3 is 2.63 bits per heavy atom. The molecule has 5 rings (SSSR count). The van der Waals surface area contributed by atoms with Crippen molar-refractivity contribution in [1.29, 1.82) is 0 Å². The van der Waals surface area contributed by atoms with Crippen LogP contribution in [0.1, 0.15) is 24.0 Å². The van der Waals surface area contributed by atoms with E-state index in [1.807, 2.05) is 29.2 Å². The summed E-state index contributed by atoms with van der Waals surface area (Å²) in [5.74, 6) is -0.932. The van der Waals surface area contributed by atoms with Gasteiger partial charge in [-0.15, -0.1) is 0 Å². The lowest BCUT2D eigenvalue weighted by Gasteiger charge is -2.40. The van der Waals surface area contributed by atoms with Gasteiger partial charge in [-0.1, -0.05) is 41.9 Å². The van der Waals surface area contributed by atoms with E-state index in [1.165, 1.54) is 30.3 Å². The maximum absolute atomic E-state index is 14.2. The van der Waals surface area contributed by atoms with E-state index in [9.17, 15) is 23.9 Å². The number of anilines is 1. The summed E-state index contributed by atoms with van der Waals surface area (Å²) in [6.45, 7) is 1.40. The van der Waals surface area contributed by atoms with Crippen LogP contribution in [0.2, 0.25) is 5.02 Å². The Morgan fingerprint density at radius 2 is 1.88 bits per heavy atom. The van der Waals surface area contributed by atoms with Crippen LogP contribution in [0.4, 0.5) is 19.7 Å². The second kappa shape index (κ2) is 12.5. The molecule has 41 heavy (non-hydrogen) atoms. The Balaban J connectivity index is 1.26. The van der Waals surface area contributed by atoms with Gasteiger partial charge in [-0.25, -0.2) is 14.0 Å². The van der Waals surface area contributed by atoms with Gasteiger partial charge in [-0.2, -0.15) is 0 Å². The number of aliphatic hydroxyl groups excluding tert-OH is 1. The van der Waals surface area contributed by atoms with Crippen LogP contribution in [-0.4, -0.2) is 101 Å². The highest BCUT2D eigenvalue weighted by molar-refractivity contribution is 6.32. The third-order valence-corrected chi connectivity index (χ3v) is 8.25. The molecule has 2 aromatic rings. The van der Waals surface area contributed by atoms with Crippen molar-refractivity contribution in [3.8, 4) is 0 Å². The van der Waals surface area contributed by atoms with E-state index in [2.05, 4.69) is 5.32 Å². The Hall–Kier alpha value is -3.67. The predicted molar refractivity (Wildman–Crippen MR) is 152 cm³/mol. The lowest BCUT2D eigenvalue weighted by molar-refractivity contribution is -0.133. The first-order valence-electron chi connectivity index (χ1n) is 13.6. The Kier molecular flexibility index (Phi) is 8.77. The van der Waals surface area contributed by atoms with Crippen LogP contribution >= 0.6 is 11.6 Å². The SMILES string of the molecule is COCCN1C(=O)N(CC(=O)N2CCC(N3CCc4ccccc4NC3=O)CC2)C=C(c2cccc(F)c2Cl)C1O. The normalized spacial score (nSPS) is 20.0. The van der Waals surface area contributed by atoms with E-state index in [0.717, 1.165) is 22.6 Å². The molecule has 5 amide bonds. The molecule has 1 unspecified atom stereocenters. The number of piperidine rings is 1. The van der Waals surface area contributed by atoms with Gasteiger partial charge in [-0.05, 0) is 37.0 Å². The molecule has 218 valence electrons. The molecule has 2 aromatic carbocycles. The smallest absolute Gasteiger partial charge is 0.326 e. The van der Waals surface area contributed by atoms with Crippen LogP contribution in [0.15, 0.2) is 48.7 Å². The minimum atomic E-state index is -1.40. The van der Waals surface area contributed by atoms with Gasteiger partial charge in [0.05, 0.1) is 11.6 Å². The van der Waals surface area contributed by atoms with Gasteiger partial charge in [0.15, 0.2) is 6.23 Å². The average molecular weight is 586 g/mol. The van der Waals surface area contributed by atoms with Gasteiger partial charge in [0.2, 0.25) is 5.91 Å². The highest BCUT2D eigenvalue weighted by Gasteiger charge is 2.37. The molecule has 0 bridgehead atoms. The Bertz CT molecular complexity index is 1350. The average Bonchev–Trinajstić information content (AvgIpc) is 3.14. The number of halogens is 2. The number of methoxy groups -OCH3 is 1. The topological polar surface area (TPSA) is 106 Å². The molecule has 1 saturated heterocycles. The predicted octanol–water partition coefficient (Wildman–Crippen LogP) is 3.60. The van der Waals surface area contributed by atoms with Crippen molar-refractivity contribution in [2.24, 2.45) is 0 Å². The standard InChI is InChI=1S/C29H33ClFN5O5/c1-41-16-15-36-27(38)22(21-6-4-7-23(31)26(21)30)17-34(29(36)40)18-25(37)33-12-10-20(11-13-33)35-14-9-19-5-2-3-8-24(19)32-28(35)39/h2-8,17,20,27,38H,9-16,18H2,1H3,(H,32,39). The zero-order valence-electron chi connectivity index (χ0n) is 22.8. The first-order chi connectivity index (χ1) is 19.8. The summed E-state index contributed by atoms with van der Waals surface area (Å²) in [4.78, 5) is 45.5. The number of hydrogen-bond acceptors (Lipinski definition) is 5. The number of fused-ring (bicyclic) bond motifs is 1. The number of carbonyl (C=O) groups excluding carboxylic acids is 3. The Labute approximate surface area is 242 Å². The van der Waals surface area contributed by atoms with E-state index in [-0.39, 0.29) is 53.8 Å². The molecular formula is C29H33ClFN5O5. The summed E-state index contributed by atoms with van der Waals surface area (Å²) < 4.78 is 19.3. The molecule has 3 heterocycles. The number of amides is 5. The molecule has 3 aliphatic rings. The minimum Gasteiger partial charge on any atom is -0.383 e. The first kappa shape index (κ1) is 28.8. The van der Waals surface area contributed by atoms with Gasteiger partial charge in [0, 0.05) is 62.4 Å². The summed E-state index contributed by atoms with van der Waals surface area (Å²) in [6.07, 6.45) is 1.94. The van der Waals surface area contributed by atoms with Crippen molar-refractivity contribution >= 4 is 40.8 Å². The molecule has 1 atom stereocenters. The van der Waals surface area contributed by atoms with Crippen LogP contribution < -0.4 is 5.32 Å². The number of rotatable bonds is 7. The molecule has 0 spiro atoms. The zero-order chi connectivity index (χ0) is 29.1. The molecule has 10 nitrogen and oxygen atoms in total. The van der Waals surface area contributed by atoms with E-state index in [1.54, 1.807) is 11.0 Å². The fraction of sp³-hybridized carbons (Fsp3) is 0.414. The number of benzene rings is 2. The molecule has 3 aliphatic heterocycles. The summed E-state index contributed by atoms with van der Waals surface area (Å²) in [6, 6.07) is 11.3. The lowest BCUT2D eigenvalue weighted by Crippen LogP contribution is -2.55. The number of ether oxygens (including phenoxy) is 1. The quantitative estimate of drug-likeness (QED) is 0.517. The van der Waals surface area contributed by atoms with Crippen molar-refractivity contribution in [2.75, 3.05) is 51.8 Å². The number of likely N-dealkylation sites (tertiary alicyclic amines) is 1. The first-order valence-corrected chi connectivity index (χ1v) is 14.0. The van der Waals surface area contributed by atoms with Crippen molar-refractivity contribution in [3.05, 3.63) is 70.6 Å². The summed E-state index contributed by atoms with van der Waals surface area (Å²) in [7, 11) is 1.47. The van der Waals surface area contributed by atoms with Crippen LogP contribution in [0, 0.1) is 5.82 Å². The van der Waals surface area contributed by atoms with Gasteiger partial charge >= 0.3 is 12.1 Å². The molecule has 12 heteroatoms. The van der Waals surface area contributed by atoms with Crippen molar-refractivity contribution in [2.45, 2.75) is 31.5 Å². The molecule has 0 aromatic heterocycles. The van der Waals surface area contributed by atoms with E-state index in [0.29, 0.717) is 32.5 Å². The molecule has 0 radical (unpaired) electrons. The van der Waals surface area contributed by atoms with Crippen molar-refractivity contribution in [1.82, 2.24) is 19.6 Å². The summed E-state index contributed by atoms with van der Waals surface area (Å²) in [5.41, 5.74) is 2.35. The molecule has 1 fully saturated rings. The highest BCUT2D eigenvalue weighted by Crippen LogP contribution is 2.33. The fourth-order valence-electron chi connectivity index (χ4n) is 5.59. The van der Waals surface area contributed by atoms with Crippen molar-refractivity contribution < 1.29 is 28.6 Å². The van der Waals surface area contributed by atoms with E-state index >= 15 is 0 Å². The zero-order valence-corrected chi connectivity index (χ0v) is 23.5. The van der Waals surface area contributed by atoms with Crippen LogP contribution in [0.25, 0.3) is 5.57 Å². The second-order valence-electron chi connectivity index (χ2n) is 10.3. The van der Waals surface area contributed by atoms with Crippen molar-refractivity contribution in [3.63, 3.8) is 0 Å². The van der Waals surface area contributed by atoms with Gasteiger partial charge in [0.1, 0.15) is 12.4 Å². The van der Waals surface area contributed by atoms with Crippen LogP contribution in [0.5, 0.6) is 0 Å². The van der Waals surface area contributed by atoms with Crippen LogP contribution in [-0.2, 0) is 16.0 Å². The monoisotopic (exact) mass is 585 g/mol. The number of nitrogens with one attached hydrogen (secondary N) is 1. The maximum Gasteiger partial charge on any atom is 0.326 e. The third-order valence-electron chi connectivity index (χ3n) is 7.86. The van der Waals surface area contributed by atoms with Crippen LogP contribution in [0.3, 0.4) is 0 Å². The summed E-state index contributed by atoms with van der Waals surface area (Å²) in [5, 5.41) is 13.8. The molecule has 2 N–H and O–H groups in total.